The van der Waals surface area contributed by atoms with Gasteiger partial charge in [0.15, 0.2) is 0 Å². The maximum absolute atomic E-state index is 5.87. The van der Waals surface area contributed by atoms with Gasteiger partial charge >= 0.3 is 0 Å². The molecule has 0 radical (unpaired) electrons. The van der Waals surface area contributed by atoms with E-state index in [1.807, 2.05) is 24.3 Å². The second-order valence-electron chi connectivity index (χ2n) is 6.52. The normalized spacial score (nSPS) is 10.8. The van der Waals surface area contributed by atoms with E-state index in [9.17, 15) is 0 Å². The highest BCUT2D eigenvalue weighted by molar-refractivity contribution is 6.10. The van der Waals surface area contributed by atoms with Crippen LogP contribution in [-0.4, -0.2) is 14.2 Å². The summed E-state index contributed by atoms with van der Waals surface area (Å²) in [6, 6.07) is 27.2. The lowest BCUT2D eigenvalue weighted by Gasteiger charge is -2.21. The molecule has 0 aliphatic rings. The van der Waals surface area contributed by atoms with Gasteiger partial charge in [-0.05, 0) is 40.6 Å². The predicted octanol–water partition coefficient (Wildman–Crippen LogP) is 6.50. The monoisotopic (exact) mass is 354 g/mol. The third-order valence-electron chi connectivity index (χ3n) is 5.04. The fraction of sp³-hybridized carbons (Fsp3) is 0.120. The van der Waals surface area contributed by atoms with Crippen LogP contribution >= 0.6 is 0 Å². The third-order valence-corrected chi connectivity index (χ3v) is 5.04. The lowest BCUT2D eigenvalue weighted by Crippen LogP contribution is -1.98. The molecule has 0 saturated heterocycles. The highest BCUT2D eigenvalue weighted by Gasteiger charge is 2.21. The van der Waals surface area contributed by atoms with E-state index in [0.717, 1.165) is 27.8 Å². The molecule has 0 aliphatic heterocycles. The van der Waals surface area contributed by atoms with Gasteiger partial charge in [-0.15, -0.1) is 0 Å². The molecule has 4 aromatic carbocycles. The zero-order valence-electron chi connectivity index (χ0n) is 15.8. The Kier molecular flexibility index (Phi) is 4.55. The lowest BCUT2D eigenvalue weighted by molar-refractivity contribution is 0.403. The van der Waals surface area contributed by atoms with Crippen molar-refractivity contribution in [3.8, 4) is 33.8 Å². The van der Waals surface area contributed by atoms with Crippen LogP contribution in [-0.2, 0) is 0 Å². The van der Waals surface area contributed by atoms with Crippen molar-refractivity contribution in [3.05, 3.63) is 84.4 Å². The molecule has 0 unspecified atom stereocenters. The minimum Gasteiger partial charge on any atom is -0.496 e. The molecule has 0 N–H and O–H groups in total. The average Bonchev–Trinajstić information content (AvgIpc) is 2.73. The molecule has 0 atom stereocenters. The number of fused-ring (bicyclic) bond motifs is 1. The first-order valence-corrected chi connectivity index (χ1v) is 9.04. The van der Waals surface area contributed by atoms with E-state index in [-0.39, 0.29) is 0 Å². The number of benzene rings is 4. The third kappa shape index (κ3) is 2.83. The maximum atomic E-state index is 5.87. The second-order valence-corrected chi connectivity index (χ2v) is 6.52. The Morgan fingerprint density at radius 1 is 0.593 bits per heavy atom. The molecule has 0 aromatic heterocycles. The first-order chi connectivity index (χ1) is 13.3. The van der Waals surface area contributed by atoms with Crippen LogP contribution in [0.3, 0.4) is 0 Å². The largest absolute Gasteiger partial charge is 0.496 e. The molecule has 0 aliphatic carbocycles. The van der Waals surface area contributed by atoms with Crippen molar-refractivity contribution >= 4 is 10.8 Å². The van der Waals surface area contributed by atoms with Crippen molar-refractivity contribution in [2.24, 2.45) is 0 Å². The van der Waals surface area contributed by atoms with Crippen molar-refractivity contribution in [1.82, 2.24) is 0 Å². The Balaban J connectivity index is 2.24. The van der Waals surface area contributed by atoms with Crippen LogP contribution in [0, 0.1) is 6.92 Å². The summed E-state index contributed by atoms with van der Waals surface area (Å²) >= 11 is 0. The van der Waals surface area contributed by atoms with Crippen LogP contribution in [0.4, 0.5) is 0 Å². The van der Waals surface area contributed by atoms with E-state index in [0.29, 0.717) is 0 Å². The maximum Gasteiger partial charge on any atom is 0.133 e. The van der Waals surface area contributed by atoms with Gasteiger partial charge in [0.05, 0.1) is 19.6 Å². The van der Waals surface area contributed by atoms with Gasteiger partial charge in [0.25, 0.3) is 0 Å². The van der Waals surface area contributed by atoms with Gasteiger partial charge < -0.3 is 9.47 Å². The van der Waals surface area contributed by atoms with Crippen molar-refractivity contribution in [2.75, 3.05) is 14.2 Å². The molecule has 2 heteroatoms. The van der Waals surface area contributed by atoms with E-state index in [2.05, 4.69) is 61.5 Å². The van der Waals surface area contributed by atoms with E-state index >= 15 is 0 Å². The summed E-state index contributed by atoms with van der Waals surface area (Å²) in [4.78, 5) is 0. The Hall–Kier alpha value is -3.26. The summed E-state index contributed by atoms with van der Waals surface area (Å²) < 4.78 is 11.6. The highest BCUT2D eigenvalue weighted by atomic mass is 16.5. The molecule has 0 amide bonds. The Morgan fingerprint density at radius 2 is 1.19 bits per heavy atom. The standard InChI is InChI=1S/C25H22O2/c1-17-22(18-11-6-4-7-12-18)23(19-13-8-5-9-14-19)20-15-10-16-21(26-2)24(20)25(17)27-3/h4-16H,1-3H3. The summed E-state index contributed by atoms with van der Waals surface area (Å²) in [5, 5.41) is 2.14. The molecule has 2 nitrogen and oxygen atoms in total. The molecule has 4 rings (SSSR count). The average molecular weight is 354 g/mol. The molecule has 27 heavy (non-hydrogen) atoms. The molecule has 134 valence electrons. The number of rotatable bonds is 4. The number of methoxy groups -OCH3 is 2. The Bertz CT molecular complexity index is 1080. The van der Waals surface area contributed by atoms with Gasteiger partial charge in [-0.2, -0.15) is 0 Å². The number of hydrogen-bond acceptors (Lipinski definition) is 2. The first kappa shape index (κ1) is 17.2. The highest BCUT2D eigenvalue weighted by Crippen LogP contribution is 2.48. The summed E-state index contributed by atoms with van der Waals surface area (Å²) in [6.45, 7) is 2.12. The van der Waals surface area contributed by atoms with Crippen LogP contribution in [0.25, 0.3) is 33.0 Å². The Labute approximate surface area is 160 Å². The predicted molar refractivity (Wildman–Crippen MR) is 113 cm³/mol. The van der Waals surface area contributed by atoms with Crippen molar-refractivity contribution in [2.45, 2.75) is 6.92 Å². The molecule has 4 aromatic rings. The first-order valence-electron chi connectivity index (χ1n) is 9.04. The molecule has 0 spiro atoms. The molecular formula is C25H22O2. The van der Waals surface area contributed by atoms with E-state index in [1.165, 1.54) is 22.3 Å². The van der Waals surface area contributed by atoms with Crippen LogP contribution in [0.15, 0.2) is 78.9 Å². The molecule has 0 fully saturated rings. The lowest BCUT2D eigenvalue weighted by atomic mass is 9.85. The quantitative estimate of drug-likeness (QED) is 0.416. The van der Waals surface area contributed by atoms with Gasteiger partial charge in [0.2, 0.25) is 0 Å². The van der Waals surface area contributed by atoms with Crippen LogP contribution in [0.2, 0.25) is 0 Å². The molecular weight excluding hydrogens is 332 g/mol. The van der Waals surface area contributed by atoms with Crippen molar-refractivity contribution < 1.29 is 9.47 Å². The van der Waals surface area contributed by atoms with Crippen LogP contribution in [0.5, 0.6) is 11.5 Å². The van der Waals surface area contributed by atoms with Gasteiger partial charge in [-0.1, -0.05) is 72.8 Å². The summed E-state index contributed by atoms with van der Waals surface area (Å²) in [5.74, 6) is 1.69. The fourth-order valence-electron chi connectivity index (χ4n) is 3.89. The van der Waals surface area contributed by atoms with E-state index < -0.39 is 0 Å². The van der Waals surface area contributed by atoms with Gasteiger partial charge in [-0.25, -0.2) is 0 Å². The zero-order valence-corrected chi connectivity index (χ0v) is 15.8. The fourth-order valence-corrected chi connectivity index (χ4v) is 3.89. The summed E-state index contributed by atoms with van der Waals surface area (Å²) in [5.41, 5.74) is 5.87. The van der Waals surface area contributed by atoms with Crippen LogP contribution < -0.4 is 9.47 Å². The van der Waals surface area contributed by atoms with Gasteiger partial charge in [-0.3, -0.25) is 0 Å². The smallest absolute Gasteiger partial charge is 0.133 e. The van der Waals surface area contributed by atoms with Crippen molar-refractivity contribution in [3.63, 3.8) is 0 Å². The topological polar surface area (TPSA) is 18.5 Å². The van der Waals surface area contributed by atoms with Gasteiger partial charge in [0.1, 0.15) is 11.5 Å². The molecule has 0 saturated carbocycles. The number of ether oxygens (including phenoxy) is 2. The summed E-state index contributed by atoms with van der Waals surface area (Å²) in [6.07, 6.45) is 0. The second kappa shape index (κ2) is 7.16. The van der Waals surface area contributed by atoms with Crippen LogP contribution in [0.1, 0.15) is 5.56 Å². The summed E-state index contributed by atoms with van der Waals surface area (Å²) in [7, 11) is 3.43. The van der Waals surface area contributed by atoms with E-state index in [1.54, 1.807) is 14.2 Å². The molecule has 0 heterocycles. The minimum atomic E-state index is 0.823. The number of hydrogen-bond donors (Lipinski definition) is 0. The van der Waals surface area contributed by atoms with E-state index in [4.69, 9.17) is 9.47 Å². The molecule has 0 bridgehead atoms. The zero-order chi connectivity index (χ0) is 18.8. The Morgan fingerprint density at radius 3 is 1.74 bits per heavy atom. The minimum absolute atomic E-state index is 0.823. The SMILES string of the molecule is COc1cccc2c(-c3ccccc3)c(-c3ccccc3)c(C)c(OC)c12. The van der Waals surface area contributed by atoms with Crippen molar-refractivity contribution in [1.29, 1.82) is 0 Å². The van der Waals surface area contributed by atoms with Gasteiger partial charge in [0, 0.05) is 5.56 Å².